The summed E-state index contributed by atoms with van der Waals surface area (Å²) in [5, 5.41) is 7.06. The van der Waals surface area contributed by atoms with Gasteiger partial charge in [0, 0.05) is 16.4 Å². The third-order valence-corrected chi connectivity index (χ3v) is 5.22. The number of anilines is 1. The number of aryl methyl sites for hydroxylation is 1. The third-order valence-electron chi connectivity index (χ3n) is 3.71. The molecule has 3 aromatic rings. The summed E-state index contributed by atoms with van der Waals surface area (Å²) in [6.45, 7) is 6.34. The Labute approximate surface area is 153 Å². The lowest BCUT2D eigenvalue weighted by atomic mass is 10.2. The molecular formula is C17H17BrN4OS. The third kappa shape index (κ3) is 3.14. The first-order valence-corrected chi connectivity index (χ1v) is 9.23. The number of thiazole rings is 1. The van der Waals surface area contributed by atoms with Gasteiger partial charge in [-0.05, 0) is 45.0 Å². The van der Waals surface area contributed by atoms with Crippen LogP contribution >= 0.6 is 27.3 Å². The number of halogens is 1. The molecule has 7 heteroatoms. The SMILES string of the molecule is CCN(C(=O)c1cnn(-c2ccc(Br)cc2)c1C)c1nc(C)cs1. The zero-order valence-corrected chi connectivity index (χ0v) is 16.1. The van der Waals surface area contributed by atoms with Crippen molar-refractivity contribution in [3.63, 3.8) is 0 Å². The van der Waals surface area contributed by atoms with E-state index in [1.807, 2.05) is 50.4 Å². The van der Waals surface area contributed by atoms with E-state index in [4.69, 9.17) is 0 Å². The van der Waals surface area contributed by atoms with Crippen LogP contribution in [-0.2, 0) is 0 Å². The predicted molar refractivity (Wildman–Crippen MR) is 100 cm³/mol. The van der Waals surface area contributed by atoms with Crippen LogP contribution in [0.4, 0.5) is 5.13 Å². The van der Waals surface area contributed by atoms with Gasteiger partial charge in [0.15, 0.2) is 5.13 Å². The van der Waals surface area contributed by atoms with Crippen molar-refractivity contribution in [1.29, 1.82) is 0 Å². The van der Waals surface area contributed by atoms with Crippen LogP contribution in [0.3, 0.4) is 0 Å². The van der Waals surface area contributed by atoms with Gasteiger partial charge in [0.2, 0.25) is 0 Å². The number of hydrogen-bond acceptors (Lipinski definition) is 4. The topological polar surface area (TPSA) is 51.0 Å². The summed E-state index contributed by atoms with van der Waals surface area (Å²) in [5.41, 5.74) is 3.24. The predicted octanol–water partition coefficient (Wildman–Crippen LogP) is 4.37. The summed E-state index contributed by atoms with van der Waals surface area (Å²) < 4.78 is 2.78. The van der Waals surface area contributed by atoms with Gasteiger partial charge in [-0.3, -0.25) is 9.69 Å². The summed E-state index contributed by atoms with van der Waals surface area (Å²) in [4.78, 5) is 19.0. The average molecular weight is 405 g/mol. The fourth-order valence-corrected chi connectivity index (χ4v) is 3.57. The molecule has 2 aromatic heterocycles. The Hall–Kier alpha value is -1.99. The van der Waals surface area contributed by atoms with Gasteiger partial charge in [0.25, 0.3) is 5.91 Å². The maximum Gasteiger partial charge on any atom is 0.263 e. The second-order valence-corrected chi connectivity index (χ2v) is 7.10. The fraction of sp³-hybridized carbons (Fsp3) is 0.235. The van der Waals surface area contributed by atoms with Crippen molar-refractivity contribution >= 4 is 38.3 Å². The molecule has 0 atom stereocenters. The quantitative estimate of drug-likeness (QED) is 0.648. The standard InChI is InChI=1S/C17H17BrN4OS/c1-4-21(17-20-11(2)10-24-17)16(23)15-9-19-22(12(15)3)14-7-5-13(18)6-8-14/h5-10H,4H2,1-3H3. The first-order chi connectivity index (χ1) is 11.5. The summed E-state index contributed by atoms with van der Waals surface area (Å²) >= 11 is 4.90. The number of nitrogens with zero attached hydrogens (tertiary/aromatic N) is 4. The van der Waals surface area contributed by atoms with Crippen LogP contribution < -0.4 is 4.90 Å². The number of hydrogen-bond donors (Lipinski definition) is 0. The molecule has 0 fully saturated rings. The number of benzene rings is 1. The van der Waals surface area contributed by atoms with E-state index in [0.29, 0.717) is 12.1 Å². The minimum atomic E-state index is -0.0762. The monoisotopic (exact) mass is 404 g/mol. The molecule has 0 radical (unpaired) electrons. The van der Waals surface area contributed by atoms with Gasteiger partial charge >= 0.3 is 0 Å². The van der Waals surface area contributed by atoms with Crippen molar-refractivity contribution in [3.8, 4) is 5.69 Å². The van der Waals surface area contributed by atoms with Crippen LogP contribution in [0.1, 0.15) is 28.7 Å². The van der Waals surface area contributed by atoms with Crippen molar-refractivity contribution in [2.24, 2.45) is 0 Å². The first-order valence-electron chi connectivity index (χ1n) is 7.55. The lowest BCUT2D eigenvalue weighted by Crippen LogP contribution is -2.30. The molecule has 0 aliphatic rings. The average Bonchev–Trinajstić information content (AvgIpc) is 3.15. The molecule has 1 aromatic carbocycles. The van der Waals surface area contributed by atoms with Gasteiger partial charge < -0.3 is 0 Å². The van der Waals surface area contributed by atoms with E-state index in [1.165, 1.54) is 11.3 Å². The Morgan fingerprint density at radius 1 is 1.29 bits per heavy atom. The molecule has 0 saturated heterocycles. The molecule has 0 N–H and O–H groups in total. The molecule has 5 nitrogen and oxygen atoms in total. The zero-order chi connectivity index (χ0) is 17.3. The zero-order valence-electron chi connectivity index (χ0n) is 13.7. The number of carbonyl (C=O) groups excluding carboxylic acids is 1. The van der Waals surface area contributed by atoms with Crippen LogP contribution in [0.15, 0.2) is 40.3 Å². The van der Waals surface area contributed by atoms with Crippen LogP contribution in [0.5, 0.6) is 0 Å². The van der Waals surface area contributed by atoms with Gasteiger partial charge in [-0.1, -0.05) is 15.9 Å². The highest BCUT2D eigenvalue weighted by atomic mass is 79.9. The Kier molecular flexibility index (Phi) is 4.82. The molecule has 0 saturated carbocycles. The molecule has 24 heavy (non-hydrogen) atoms. The Bertz CT molecular complexity index is 869. The van der Waals surface area contributed by atoms with E-state index < -0.39 is 0 Å². The number of rotatable bonds is 4. The van der Waals surface area contributed by atoms with Crippen molar-refractivity contribution < 1.29 is 4.79 Å². The molecule has 0 bridgehead atoms. The van der Waals surface area contributed by atoms with Crippen LogP contribution in [0.25, 0.3) is 5.69 Å². The molecule has 0 aliphatic carbocycles. The fourth-order valence-electron chi connectivity index (χ4n) is 2.44. The van der Waals surface area contributed by atoms with Gasteiger partial charge in [-0.2, -0.15) is 5.10 Å². The minimum Gasteiger partial charge on any atom is -0.284 e. The molecule has 2 heterocycles. The van der Waals surface area contributed by atoms with Crippen LogP contribution in [0, 0.1) is 13.8 Å². The van der Waals surface area contributed by atoms with E-state index >= 15 is 0 Å². The van der Waals surface area contributed by atoms with Gasteiger partial charge in [0.1, 0.15) is 0 Å². The second kappa shape index (κ2) is 6.86. The molecule has 0 unspecified atom stereocenters. The summed E-state index contributed by atoms with van der Waals surface area (Å²) in [7, 11) is 0. The number of amides is 1. The van der Waals surface area contributed by atoms with E-state index in [9.17, 15) is 4.79 Å². The number of aromatic nitrogens is 3. The van der Waals surface area contributed by atoms with Crippen molar-refractivity contribution in [2.45, 2.75) is 20.8 Å². The largest absolute Gasteiger partial charge is 0.284 e. The van der Waals surface area contributed by atoms with Crippen molar-refractivity contribution in [2.75, 3.05) is 11.4 Å². The van der Waals surface area contributed by atoms with Gasteiger partial charge in [-0.15, -0.1) is 11.3 Å². The second-order valence-electron chi connectivity index (χ2n) is 5.35. The van der Waals surface area contributed by atoms with Crippen molar-refractivity contribution in [3.05, 3.63) is 57.3 Å². The smallest absolute Gasteiger partial charge is 0.263 e. The Morgan fingerprint density at radius 3 is 2.58 bits per heavy atom. The Morgan fingerprint density at radius 2 is 2.00 bits per heavy atom. The maximum atomic E-state index is 12.9. The van der Waals surface area contributed by atoms with Crippen molar-refractivity contribution in [1.82, 2.24) is 14.8 Å². The highest BCUT2D eigenvalue weighted by Gasteiger charge is 2.23. The molecule has 124 valence electrons. The van der Waals surface area contributed by atoms with E-state index in [0.717, 1.165) is 26.7 Å². The normalized spacial score (nSPS) is 10.8. The van der Waals surface area contributed by atoms with Gasteiger partial charge in [0.05, 0.1) is 28.8 Å². The summed E-state index contributed by atoms with van der Waals surface area (Å²) in [6, 6.07) is 7.82. The highest BCUT2D eigenvalue weighted by molar-refractivity contribution is 9.10. The molecule has 1 amide bonds. The maximum absolute atomic E-state index is 12.9. The van der Waals surface area contributed by atoms with Crippen LogP contribution in [0.2, 0.25) is 0 Å². The molecule has 0 aliphatic heterocycles. The molecular weight excluding hydrogens is 388 g/mol. The first kappa shape index (κ1) is 16.9. The highest BCUT2D eigenvalue weighted by Crippen LogP contribution is 2.24. The van der Waals surface area contributed by atoms with Crippen LogP contribution in [-0.4, -0.2) is 27.2 Å². The lowest BCUT2D eigenvalue weighted by Gasteiger charge is -2.17. The molecule has 0 spiro atoms. The molecule has 3 rings (SSSR count). The lowest BCUT2D eigenvalue weighted by molar-refractivity contribution is 0.0987. The Balaban J connectivity index is 1.94. The van der Waals surface area contributed by atoms with Gasteiger partial charge in [-0.25, -0.2) is 9.67 Å². The van der Waals surface area contributed by atoms with E-state index in [1.54, 1.807) is 15.8 Å². The summed E-state index contributed by atoms with van der Waals surface area (Å²) in [6.07, 6.45) is 1.63. The minimum absolute atomic E-state index is 0.0762. The van der Waals surface area contributed by atoms with E-state index in [-0.39, 0.29) is 5.91 Å². The summed E-state index contributed by atoms with van der Waals surface area (Å²) in [5.74, 6) is -0.0762. The van der Waals surface area contributed by atoms with E-state index in [2.05, 4.69) is 26.0 Å². The number of carbonyl (C=O) groups is 1.